The molecule has 2 aromatic carbocycles. The number of anilines is 1. The molecule has 1 aliphatic carbocycles. The summed E-state index contributed by atoms with van der Waals surface area (Å²) < 4.78 is 13.3. The van der Waals surface area contributed by atoms with Crippen LogP contribution in [0.5, 0.6) is 0 Å². The van der Waals surface area contributed by atoms with Crippen molar-refractivity contribution in [3.05, 3.63) is 76.6 Å². The summed E-state index contributed by atoms with van der Waals surface area (Å²) in [6, 6.07) is 12.1. The van der Waals surface area contributed by atoms with Gasteiger partial charge in [0.2, 0.25) is 0 Å². The van der Waals surface area contributed by atoms with Crippen LogP contribution >= 0.6 is 0 Å². The Bertz CT molecular complexity index is 1210. The Morgan fingerprint density at radius 3 is 2.67 bits per heavy atom. The molecule has 2 aromatic rings. The monoisotopic (exact) mass is 483 g/mol. The average Bonchev–Trinajstić information content (AvgIpc) is 3.57. The molecule has 2 heterocycles. The Balaban J connectivity index is 1.33. The van der Waals surface area contributed by atoms with Crippen molar-refractivity contribution in [3.8, 4) is 11.8 Å². The molecule has 0 unspecified atom stereocenters. The van der Waals surface area contributed by atoms with E-state index in [0.717, 1.165) is 49.3 Å². The molecule has 0 atom stereocenters. The lowest BCUT2D eigenvalue weighted by Crippen LogP contribution is -2.29. The molecular weight excluding hydrogens is 449 g/mol. The molecule has 1 amide bonds. The number of carbonyl (C=O) groups excluding carboxylic acids is 1. The Morgan fingerprint density at radius 1 is 1.06 bits per heavy atom. The van der Waals surface area contributed by atoms with Gasteiger partial charge in [0.15, 0.2) is 0 Å². The van der Waals surface area contributed by atoms with Gasteiger partial charge in [0.05, 0.1) is 12.2 Å². The predicted molar refractivity (Wildman–Crippen MR) is 144 cm³/mol. The van der Waals surface area contributed by atoms with E-state index in [1.165, 1.54) is 56.2 Å². The zero-order chi connectivity index (χ0) is 24.8. The molecule has 0 bridgehead atoms. The summed E-state index contributed by atoms with van der Waals surface area (Å²) in [5, 5.41) is 3.05. The van der Waals surface area contributed by atoms with E-state index in [2.05, 4.69) is 39.2 Å². The van der Waals surface area contributed by atoms with Gasteiger partial charge in [-0.25, -0.2) is 4.39 Å². The molecule has 4 nitrogen and oxygen atoms in total. The van der Waals surface area contributed by atoms with Gasteiger partial charge in [-0.1, -0.05) is 37.2 Å². The largest absolute Gasteiger partial charge is 0.370 e. The van der Waals surface area contributed by atoms with Crippen LogP contribution in [0, 0.1) is 23.1 Å². The van der Waals surface area contributed by atoms with E-state index in [1.54, 1.807) is 12.1 Å². The highest BCUT2D eigenvalue weighted by Gasteiger charge is 2.39. The fourth-order valence-corrected chi connectivity index (χ4v) is 5.73. The van der Waals surface area contributed by atoms with Gasteiger partial charge in [-0.3, -0.25) is 9.79 Å². The summed E-state index contributed by atoms with van der Waals surface area (Å²) in [6.07, 6.45) is 13.7. The van der Waals surface area contributed by atoms with E-state index in [4.69, 9.17) is 0 Å². The Kier molecular flexibility index (Phi) is 7.51. The minimum Gasteiger partial charge on any atom is -0.370 e. The van der Waals surface area contributed by atoms with E-state index in [9.17, 15) is 9.18 Å². The van der Waals surface area contributed by atoms with E-state index in [-0.39, 0.29) is 11.7 Å². The van der Waals surface area contributed by atoms with Crippen molar-refractivity contribution < 1.29 is 9.18 Å². The molecule has 36 heavy (non-hydrogen) atoms. The fourth-order valence-electron chi connectivity index (χ4n) is 5.73. The first kappa shape index (κ1) is 24.3. The maximum Gasteiger partial charge on any atom is 0.251 e. The predicted octanol–water partition coefficient (Wildman–Crippen LogP) is 5.91. The number of benzene rings is 2. The summed E-state index contributed by atoms with van der Waals surface area (Å²) in [5.74, 6) is 6.13. The van der Waals surface area contributed by atoms with E-state index >= 15 is 0 Å². The smallest absolute Gasteiger partial charge is 0.251 e. The second-order valence-electron chi connectivity index (χ2n) is 10.4. The normalized spacial score (nSPS) is 18.1. The van der Waals surface area contributed by atoms with Crippen molar-refractivity contribution in [2.45, 2.75) is 51.4 Å². The first-order valence-corrected chi connectivity index (χ1v) is 13.2. The topological polar surface area (TPSA) is 44.7 Å². The molecule has 5 rings (SSSR count). The number of aliphatic imine (C=N–C) groups is 1. The van der Waals surface area contributed by atoms with Crippen molar-refractivity contribution in [1.82, 2.24) is 5.32 Å². The number of hydrogen-bond donors (Lipinski definition) is 1. The third-order valence-electron chi connectivity index (χ3n) is 7.78. The van der Waals surface area contributed by atoms with Crippen LogP contribution in [0.15, 0.2) is 59.1 Å². The summed E-state index contributed by atoms with van der Waals surface area (Å²) >= 11 is 0. The third-order valence-corrected chi connectivity index (χ3v) is 7.78. The molecule has 0 aromatic heterocycles. The molecule has 1 saturated heterocycles. The standard InChI is InChI=1S/C31H34FN3O/c32-28-11-7-24(8-12-28)6-9-26-21-27(30(36)34-18-4-5-25-14-19-33-22-25)10-13-29(26)35-20-17-31(23-35)15-2-1-3-16-31/h7-8,10-14,21-22H,1-5,15-20,23H2,(H,34,36). The van der Waals surface area contributed by atoms with Crippen molar-refractivity contribution in [2.75, 3.05) is 31.1 Å². The van der Waals surface area contributed by atoms with Gasteiger partial charge in [-0.15, -0.1) is 0 Å². The number of nitrogens with one attached hydrogen (secondary N) is 1. The van der Waals surface area contributed by atoms with E-state index in [1.807, 2.05) is 18.3 Å². The third kappa shape index (κ3) is 5.87. The fraction of sp³-hybridized carbons (Fsp3) is 0.419. The van der Waals surface area contributed by atoms with Crippen LogP contribution in [0.2, 0.25) is 0 Å². The molecule has 2 aliphatic heterocycles. The lowest BCUT2D eigenvalue weighted by atomic mass is 9.73. The van der Waals surface area contributed by atoms with Crippen LogP contribution in [-0.4, -0.2) is 38.3 Å². The van der Waals surface area contributed by atoms with Gasteiger partial charge < -0.3 is 10.2 Å². The van der Waals surface area contributed by atoms with Gasteiger partial charge >= 0.3 is 0 Å². The van der Waals surface area contributed by atoms with Crippen molar-refractivity contribution in [1.29, 1.82) is 0 Å². The number of allylic oxidation sites excluding steroid dienone is 1. The lowest BCUT2D eigenvalue weighted by Gasteiger charge is -2.33. The molecule has 1 spiro atoms. The highest BCUT2D eigenvalue weighted by atomic mass is 19.1. The van der Waals surface area contributed by atoms with Crippen LogP contribution < -0.4 is 10.2 Å². The summed E-state index contributed by atoms with van der Waals surface area (Å²) in [6.45, 7) is 3.48. The lowest BCUT2D eigenvalue weighted by molar-refractivity contribution is 0.0953. The maximum atomic E-state index is 13.3. The van der Waals surface area contributed by atoms with Crippen molar-refractivity contribution in [3.63, 3.8) is 0 Å². The second kappa shape index (κ2) is 11.1. The number of halogens is 1. The summed E-state index contributed by atoms with van der Waals surface area (Å²) in [4.78, 5) is 19.6. The van der Waals surface area contributed by atoms with E-state index in [0.29, 0.717) is 17.5 Å². The van der Waals surface area contributed by atoms with Gasteiger partial charge in [0.1, 0.15) is 5.82 Å². The zero-order valence-corrected chi connectivity index (χ0v) is 20.9. The molecule has 5 heteroatoms. The average molecular weight is 484 g/mol. The van der Waals surface area contributed by atoms with Gasteiger partial charge in [-0.2, -0.15) is 0 Å². The highest BCUT2D eigenvalue weighted by molar-refractivity contribution is 5.95. The first-order chi connectivity index (χ1) is 17.6. The minimum atomic E-state index is -0.272. The quantitative estimate of drug-likeness (QED) is 0.410. The van der Waals surface area contributed by atoms with Crippen LogP contribution in [0.3, 0.4) is 0 Å². The minimum absolute atomic E-state index is 0.0781. The van der Waals surface area contributed by atoms with Gasteiger partial charge in [0, 0.05) is 42.5 Å². The number of nitrogens with zero attached hydrogens (tertiary/aromatic N) is 2. The summed E-state index contributed by atoms with van der Waals surface area (Å²) in [7, 11) is 0. The summed E-state index contributed by atoms with van der Waals surface area (Å²) in [5.41, 5.74) is 4.99. The van der Waals surface area contributed by atoms with Crippen LogP contribution in [-0.2, 0) is 0 Å². The molecule has 186 valence electrons. The number of rotatable bonds is 6. The van der Waals surface area contributed by atoms with Gasteiger partial charge in [0.25, 0.3) is 5.91 Å². The first-order valence-electron chi connectivity index (χ1n) is 13.2. The number of hydrogen-bond acceptors (Lipinski definition) is 3. The van der Waals surface area contributed by atoms with Gasteiger partial charge in [-0.05, 0) is 85.6 Å². The van der Waals surface area contributed by atoms with Crippen LogP contribution in [0.1, 0.15) is 72.9 Å². The van der Waals surface area contributed by atoms with Crippen molar-refractivity contribution >= 4 is 17.8 Å². The molecule has 1 saturated carbocycles. The highest BCUT2D eigenvalue weighted by Crippen LogP contribution is 2.45. The number of carbonyl (C=O) groups is 1. The molecule has 0 radical (unpaired) electrons. The Hall–Kier alpha value is -3.39. The zero-order valence-electron chi connectivity index (χ0n) is 20.9. The second-order valence-corrected chi connectivity index (χ2v) is 10.4. The molecule has 3 aliphatic rings. The number of amides is 1. The van der Waals surface area contributed by atoms with E-state index < -0.39 is 0 Å². The molecular formula is C31H34FN3O. The Labute approximate surface area is 213 Å². The van der Waals surface area contributed by atoms with Crippen LogP contribution in [0.4, 0.5) is 10.1 Å². The van der Waals surface area contributed by atoms with Crippen LogP contribution in [0.25, 0.3) is 0 Å². The Morgan fingerprint density at radius 2 is 1.89 bits per heavy atom. The maximum absolute atomic E-state index is 13.3. The molecule has 2 fully saturated rings. The van der Waals surface area contributed by atoms with Crippen molar-refractivity contribution in [2.24, 2.45) is 10.4 Å². The molecule has 1 N–H and O–H groups in total. The SMILES string of the molecule is O=C(NCCCC1=CCN=C1)c1ccc(N2CCC3(CCCCC3)C2)c(C#Cc2ccc(F)cc2)c1.